The van der Waals surface area contributed by atoms with Gasteiger partial charge >= 0.3 is 0 Å². The van der Waals surface area contributed by atoms with Crippen LogP contribution in [0.2, 0.25) is 0 Å². The summed E-state index contributed by atoms with van der Waals surface area (Å²) in [5.74, 6) is -0.464. The fourth-order valence-electron chi connectivity index (χ4n) is 3.12. The van der Waals surface area contributed by atoms with E-state index in [1.54, 1.807) is 36.4 Å². The summed E-state index contributed by atoms with van der Waals surface area (Å²) in [4.78, 5) is 42.4. The Kier molecular flexibility index (Phi) is 3.57. The number of carbonyl (C=O) groups excluding carboxylic acids is 3. The lowest BCUT2D eigenvalue weighted by Gasteiger charge is -2.13. The van der Waals surface area contributed by atoms with Gasteiger partial charge in [-0.25, -0.2) is 4.98 Å². The molecule has 0 saturated heterocycles. The quantitative estimate of drug-likeness (QED) is 0.735. The Bertz CT molecular complexity index is 1050. The van der Waals surface area contributed by atoms with Crippen LogP contribution in [-0.4, -0.2) is 38.7 Å². The van der Waals surface area contributed by atoms with Crippen LogP contribution in [0.3, 0.4) is 0 Å². The Balaban J connectivity index is 1.51. The van der Waals surface area contributed by atoms with Gasteiger partial charge in [0.2, 0.25) is 5.91 Å². The monoisotopic (exact) mass is 348 g/mol. The second-order valence-corrected chi connectivity index (χ2v) is 6.21. The number of imidazole rings is 1. The first-order valence-corrected chi connectivity index (χ1v) is 8.14. The van der Waals surface area contributed by atoms with Gasteiger partial charge in [-0.3, -0.25) is 19.3 Å². The van der Waals surface area contributed by atoms with Crippen molar-refractivity contribution in [2.45, 2.75) is 6.92 Å². The largest absolute Gasteiger partial charge is 0.331 e. The summed E-state index contributed by atoms with van der Waals surface area (Å²) >= 11 is 0. The number of imide groups is 1. The van der Waals surface area contributed by atoms with Gasteiger partial charge in [0.1, 0.15) is 12.4 Å². The van der Waals surface area contributed by atoms with Gasteiger partial charge in [0.15, 0.2) is 0 Å². The Labute approximate surface area is 149 Å². The third kappa shape index (κ3) is 2.45. The highest BCUT2D eigenvalue weighted by molar-refractivity contribution is 6.22. The van der Waals surface area contributed by atoms with Crippen molar-refractivity contribution in [3.63, 3.8) is 0 Å². The molecule has 4 rings (SSSR count). The van der Waals surface area contributed by atoms with Gasteiger partial charge in [0, 0.05) is 12.7 Å². The van der Waals surface area contributed by atoms with Crippen LogP contribution in [0.15, 0.2) is 42.5 Å². The van der Waals surface area contributed by atoms with E-state index in [1.165, 1.54) is 0 Å². The van der Waals surface area contributed by atoms with E-state index in [9.17, 15) is 14.4 Å². The van der Waals surface area contributed by atoms with E-state index in [-0.39, 0.29) is 6.54 Å². The molecule has 1 aliphatic heterocycles. The number of carbonyl (C=O) groups is 3. The van der Waals surface area contributed by atoms with Crippen molar-refractivity contribution >= 4 is 34.4 Å². The summed E-state index contributed by atoms with van der Waals surface area (Å²) in [6, 6.07) is 12.0. The molecule has 0 bridgehead atoms. The summed E-state index contributed by atoms with van der Waals surface area (Å²) in [5, 5.41) is 2.72. The van der Waals surface area contributed by atoms with E-state index in [4.69, 9.17) is 0 Å². The zero-order chi connectivity index (χ0) is 18.4. The number of fused-ring (bicyclic) bond motifs is 2. The van der Waals surface area contributed by atoms with Crippen molar-refractivity contribution in [1.29, 1.82) is 0 Å². The number of aromatic nitrogens is 2. The number of anilines is 1. The molecule has 0 aliphatic carbocycles. The summed E-state index contributed by atoms with van der Waals surface area (Å²) in [6.07, 6.45) is 0. The highest BCUT2D eigenvalue weighted by atomic mass is 16.2. The van der Waals surface area contributed by atoms with Gasteiger partial charge in [-0.05, 0) is 37.3 Å². The van der Waals surface area contributed by atoms with E-state index in [1.807, 2.05) is 24.6 Å². The number of rotatable bonds is 3. The number of nitrogens with zero attached hydrogens (tertiary/aromatic N) is 3. The molecule has 7 heteroatoms. The highest BCUT2D eigenvalue weighted by Crippen LogP contribution is 2.23. The van der Waals surface area contributed by atoms with E-state index < -0.39 is 17.7 Å². The van der Waals surface area contributed by atoms with Gasteiger partial charge in [-0.15, -0.1) is 0 Å². The molecular formula is C19H16N4O3. The molecule has 0 spiro atoms. The number of aryl methyl sites for hydroxylation is 2. The number of nitrogens with one attached hydrogen (secondary N) is 1. The lowest BCUT2D eigenvalue weighted by molar-refractivity contribution is -0.116. The number of amides is 3. The molecule has 0 saturated carbocycles. The minimum Gasteiger partial charge on any atom is -0.331 e. The predicted molar refractivity (Wildman–Crippen MR) is 95.9 cm³/mol. The molecule has 0 unspecified atom stereocenters. The fraction of sp³-hybridized carbons (Fsp3) is 0.158. The molecule has 2 heterocycles. The second-order valence-electron chi connectivity index (χ2n) is 6.21. The number of hydrogen-bond acceptors (Lipinski definition) is 4. The molecular weight excluding hydrogens is 332 g/mol. The maximum atomic E-state index is 12.3. The Morgan fingerprint density at radius 2 is 1.73 bits per heavy atom. The van der Waals surface area contributed by atoms with Crippen LogP contribution in [0.1, 0.15) is 26.5 Å². The second kappa shape index (κ2) is 5.80. The number of hydrogen-bond donors (Lipinski definition) is 1. The Morgan fingerprint density at radius 3 is 2.38 bits per heavy atom. The average molecular weight is 348 g/mol. The van der Waals surface area contributed by atoms with Crippen molar-refractivity contribution < 1.29 is 14.4 Å². The molecule has 7 nitrogen and oxygen atoms in total. The molecule has 1 aromatic heterocycles. The van der Waals surface area contributed by atoms with Crippen LogP contribution < -0.4 is 5.32 Å². The zero-order valence-corrected chi connectivity index (χ0v) is 14.3. The minimum atomic E-state index is -0.448. The molecule has 1 N–H and O–H groups in total. The third-order valence-electron chi connectivity index (χ3n) is 4.57. The Morgan fingerprint density at radius 1 is 1.08 bits per heavy atom. The van der Waals surface area contributed by atoms with Crippen LogP contribution in [0.5, 0.6) is 0 Å². The minimum absolute atomic E-state index is 0.328. The molecule has 0 atom stereocenters. The fourth-order valence-corrected chi connectivity index (χ4v) is 3.12. The van der Waals surface area contributed by atoms with Gasteiger partial charge in [-0.1, -0.05) is 12.1 Å². The van der Waals surface area contributed by atoms with Gasteiger partial charge in [-0.2, -0.15) is 0 Å². The Hall–Kier alpha value is -3.48. The van der Waals surface area contributed by atoms with Gasteiger partial charge in [0.25, 0.3) is 11.8 Å². The number of benzene rings is 2. The third-order valence-corrected chi connectivity index (χ3v) is 4.57. The van der Waals surface area contributed by atoms with E-state index in [0.29, 0.717) is 16.8 Å². The maximum absolute atomic E-state index is 12.3. The normalized spacial score (nSPS) is 13.4. The van der Waals surface area contributed by atoms with Crippen molar-refractivity contribution in [1.82, 2.24) is 14.5 Å². The molecule has 3 amide bonds. The van der Waals surface area contributed by atoms with Crippen LogP contribution in [0.25, 0.3) is 11.0 Å². The van der Waals surface area contributed by atoms with Crippen LogP contribution in [0.4, 0.5) is 5.69 Å². The smallest absolute Gasteiger partial charge is 0.262 e. The summed E-state index contributed by atoms with van der Waals surface area (Å²) in [5.41, 5.74) is 2.95. The zero-order valence-electron chi connectivity index (χ0n) is 14.3. The predicted octanol–water partition coefficient (Wildman–Crippen LogP) is 2.12. The molecule has 3 aromatic rings. The van der Waals surface area contributed by atoms with Crippen LogP contribution in [0, 0.1) is 6.92 Å². The first kappa shape index (κ1) is 16.0. The molecule has 2 aromatic carbocycles. The first-order valence-electron chi connectivity index (χ1n) is 8.14. The molecule has 0 radical (unpaired) electrons. The maximum Gasteiger partial charge on any atom is 0.262 e. The van der Waals surface area contributed by atoms with E-state index >= 15 is 0 Å². The molecule has 1 aliphatic rings. The standard InChI is InChI=1S/C19H16N4O3/c1-11-20-15-9-12(7-8-16(15)22(11)2)21-17(24)10-23-18(25)13-5-3-4-6-14(13)19(23)26/h3-9H,10H2,1-2H3,(H,21,24). The van der Waals surface area contributed by atoms with E-state index in [2.05, 4.69) is 10.3 Å². The average Bonchev–Trinajstić information content (AvgIpc) is 3.04. The first-order chi connectivity index (χ1) is 12.5. The van der Waals surface area contributed by atoms with Crippen molar-refractivity contribution in [2.75, 3.05) is 11.9 Å². The van der Waals surface area contributed by atoms with Crippen LogP contribution >= 0.6 is 0 Å². The topological polar surface area (TPSA) is 84.3 Å². The van der Waals surface area contributed by atoms with Crippen molar-refractivity contribution in [2.24, 2.45) is 7.05 Å². The lowest BCUT2D eigenvalue weighted by atomic mass is 10.1. The molecule has 26 heavy (non-hydrogen) atoms. The van der Waals surface area contributed by atoms with E-state index in [0.717, 1.165) is 21.8 Å². The van der Waals surface area contributed by atoms with Crippen LogP contribution in [-0.2, 0) is 11.8 Å². The van der Waals surface area contributed by atoms with Gasteiger partial charge < -0.3 is 9.88 Å². The summed E-state index contributed by atoms with van der Waals surface area (Å²) < 4.78 is 1.96. The van der Waals surface area contributed by atoms with Crippen molar-refractivity contribution in [3.8, 4) is 0 Å². The molecule has 0 fully saturated rings. The molecule has 130 valence electrons. The van der Waals surface area contributed by atoms with Crippen molar-refractivity contribution in [3.05, 3.63) is 59.4 Å². The summed E-state index contributed by atoms with van der Waals surface area (Å²) in [6.45, 7) is 1.58. The van der Waals surface area contributed by atoms with Gasteiger partial charge in [0.05, 0.1) is 22.2 Å². The lowest BCUT2D eigenvalue weighted by Crippen LogP contribution is -2.37. The highest BCUT2D eigenvalue weighted by Gasteiger charge is 2.36. The summed E-state index contributed by atoms with van der Waals surface area (Å²) in [7, 11) is 1.92. The SMILES string of the molecule is Cc1nc2cc(NC(=O)CN3C(=O)c4ccccc4C3=O)ccc2n1C.